The highest BCUT2D eigenvalue weighted by Gasteiger charge is 2.23. The SMILES string of the molecule is c1ccc(N(Cc2cc3c(cc2N(c2ccccc2)c2ccccc2)sc2c4ccccc4ccc32)c2cccc3c2sc2ccccc23)cc1. The molecule has 8 aromatic carbocycles. The fourth-order valence-electron chi connectivity index (χ4n) is 7.54. The molecule has 51 heavy (non-hydrogen) atoms. The average Bonchev–Trinajstić information content (AvgIpc) is 3.77. The summed E-state index contributed by atoms with van der Waals surface area (Å²) >= 11 is 3.78. The molecule has 0 saturated heterocycles. The van der Waals surface area contributed by atoms with Gasteiger partial charge in [0.05, 0.1) is 22.6 Å². The fraction of sp³-hybridized carbons (Fsp3) is 0.0213. The van der Waals surface area contributed by atoms with Gasteiger partial charge in [-0.15, -0.1) is 22.7 Å². The average molecular weight is 689 g/mol. The first-order valence-electron chi connectivity index (χ1n) is 17.3. The van der Waals surface area contributed by atoms with Crippen LogP contribution < -0.4 is 9.80 Å². The third-order valence-corrected chi connectivity index (χ3v) is 12.3. The monoisotopic (exact) mass is 688 g/mol. The van der Waals surface area contributed by atoms with Gasteiger partial charge in [0.15, 0.2) is 0 Å². The standard InChI is InChI=1S/C47H32N2S2/c1-4-16-34(17-5-1)48(42-25-14-24-39-38-23-12-13-26-44(38)50-47(39)42)31-33-29-41-40-28-27-32-15-10-11-22-37(32)46(40)51-45(41)30-43(33)49(35-18-6-2-7-19-35)36-20-8-3-9-21-36/h1-30H,31H2. The Kier molecular flexibility index (Phi) is 7.30. The second-order valence-corrected chi connectivity index (χ2v) is 15.0. The Morgan fingerprint density at radius 1 is 0.373 bits per heavy atom. The van der Waals surface area contributed by atoms with Crippen LogP contribution in [0, 0.1) is 0 Å². The Balaban J connectivity index is 1.26. The smallest absolute Gasteiger partial charge is 0.0595 e. The zero-order valence-electron chi connectivity index (χ0n) is 27.7. The van der Waals surface area contributed by atoms with E-state index >= 15 is 0 Å². The molecule has 2 heterocycles. The first-order chi connectivity index (χ1) is 25.3. The van der Waals surface area contributed by atoms with Gasteiger partial charge in [0.2, 0.25) is 0 Å². The summed E-state index contributed by atoms with van der Waals surface area (Å²) in [6.07, 6.45) is 0. The Morgan fingerprint density at radius 2 is 0.961 bits per heavy atom. The summed E-state index contributed by atoms with van der Waals surface area (Å²) in [4.78, 5) is 4.95. The Bertz CT molecular complexity index is 2800. The quantitative estimate of drug-likeness (QED) is 0.164. The van der Waals surface area contributed by atoms with Crippen LogP contribution in [0.2, 0.25) is 0 Å². The molecule has 0 aliphatic rings. The second-order valence-electron chi connectivity index (χ2n) is 12.9. The van der Waals surface area contributed by atoms with Gasteiger partial charge in [-0.1, -0.05) is 121 Å². The van der Waals surface area contributed by atoms with Gasteiger partial charge in [-0.05, 0) is 77.0 Å². The molecule has 0 amide bonds. The lowest BCUT2D eigenvalue weighted by atomic mass is 10.0. The largest absolute Gasteiger partial charge is 0.336 e. The molecule has 4 heteroatoms. The van der Waals surface area contributed by atoms with Crippen LogP contribution in [0.15, 0.2) is 182 Å². The summed E-state index contributed by atoms with van der Waals surface area (Å²) in [5.41, 5.74) is 7.09. The number of thiophene rings is 2. The molecule has 10 aromatic rings. The van der Waals surface area contributed by atoms with Crippen molar-refractivity contribution in [3.05, 3.63) is 188 Å². The molecule has 242 valence electrons. The van der Waals surface area contributed by atoms with Crippen LogP contribution in [0.3, 0.4) is 0 Å². The molecule has 2 nitrogen and oxygen atoms in total. The molecule has 0 aliphatic heterocycles. The van der Waals surface area contributed by atoms with Crippen molar-refractivity contribution in [3.8, 4) is 0 Å². The lowest BCUT2D eigenvalue weighted by Gasteiger charge is -2.31. The second kappa shape index (κ2) is 12.4. The van der Waals surface area contributed by atoms with Crippen LogP contribution >= 0.6 is 22.7 Å². The van der Waals surface area contributed by atoms with Crippen molar-refractivity contribution in [2.45, 2.75) is 6.54 Å². The fourth-order valence-corrected chi connectivity index (χ4v) is 10.0. The number of hydrogen-bond acceptors (Lipinski definition) is 4. The lowest BCUT2D eigenvalue weighted by molar-refractivity contribution is 0.979. The highest BCUT2D eigenvalue weighted by atomic mass is 32.1. The third-order valence-electron chi connectivity index (χ3n) is 9.90. The summed E-state index contributed by atoms with van der Waals surface area (Å²) in [5, 5.41) is 7.81. The van der Waals surface area contributed by atoms with Gasteiger partial charge in [0, 0.05) is 52.7 Å². The van der Waals surface area contributed by atoms with E-state index in [1.54, 1.807) is 0 Å². The number of para-hydroxylation sites is 3. The number of benzene rings is 8. The minimum atomic E-state index is 0.684. The Hall–Kier alpha value is -5.94. The molecule has 0 saturated carbocycles. The Morgan fingerprint density at radius 3 is 1.71 bits per heavy atom. The third kappa shape index (κ3) is 5.15. The van der Waals surface area contributed by atoms with Crippen LogP contribution in [0.5, 0.6) is 0 Å². The van der Waals surface area contributed by atoms with Crippen molar-refractivity contribution in [2.75, 3.05) is 9.80 Å². The molecule has 2 aromatic heterocycles. The molecule has 0 bridgehead atoms. The number of hydrogen-bond donors (Lipinski definition) is 0. The summed E-state index contributed by atoms with van der Waals surface area (Å²) < 4.78 is 5.24. The van der Waals surface area contributed by atoms with Gasteiger partial charge < -0.3 is 9.80 Å². The van der Waals surface area contributed by atoms with E-state index in [1.807, 2.05) is 22.7 Å². The first kappa shape index (κ1) is 29.9. The van der Waals surface area contributed by atoms with Crippen molar-refractivity contribution in [1.82, 2.24) is 0 Å². The first-order valence-corrected chi connectivity index (χ1v) is 18.9. The maximum atomic E-state index is 2.51. The molecule has 0 N–H and O–H groups in total. The van der Waals surface area contributed by atoms with Gasteiger partial charge in [-0.2, -0.15) is 0 Å². The van der Waals surface area contributed by atoms with E-state index in [1.165, 1.54) is 73.7 Å². The molecule has 0 aliphatic carbocycles. The van der Waals surface area contributed by atoms with Crippen LogP contribution in [-0.2, 0) is 6.54 Å². The molecule has 0 spiro atoms. The van der Waals surface area contributed by atoms with E-state index < -0.39 is 0 Å². The van der Waals surface area contributed by atoms with E-state index in [0.29, 0.717) is 6.54 Å². The van der Waals surface area contributed by atoms with Crippen molar-refractivity contribution >= 4 is 102 Å². The van der Waals surface area contributed by atoms with Gasteiger partial charge in [-0.25, -0.2) is 0 Å². The normalized spacial score (nSPS) is 11.6. The van der Waals surface area contributed by atoms with E-state index in [-0.39, 0.29) is 0 Å². The highest BCUT2D eigenvalue weighted by Crippen LogP contribution is 2.47. The number of fused-ring (bicyclic) bond motifs is 8. The number of rotatable bonds is 7. The van der Waals surface area contributed by atoms with Crippen LogP contribution in [0.25, 0.3) is 51.1 Å². The summed E-state index contributed by atoms with van der Waals surface area (Å²) in [7, 11) is 0. The van der Waals surface area contributed by atoms with E-state index in [9.17, 15) is 0 Å². The summed E-state index contributed by atoms with van der Waals surface area (Å²) in [6.45, 7) is 0.684. The molecular weight excluding hydrogens is 657 g/mol. The zero-order valence-corrected chi connectivity index (χ0v) is 29.4. The number of nitrogens with zero attached hydrogens (tertiary/aromatic N) is 2. The highest BCUT2D eigenvalue weighted by molar-refractivity contribution is 7.27. The molecule has 0 unspecified atom stereocenters. The maximum absolute atomic E-state index is 2.51. The maximum Gasteiger partial charge on any atom is 0.0595 e. The van der Waals surface area contributed by atoms with Crippen molar-refractivity contribution < 1.29 is 0 Å². The van der Waals surface area contributed by atoms with Crippen molar-refractivity contribution in [3.63, 3.8) is 0 Å². The predicted molar refractivity (Wildman–Crippen MR) is 223 cm³/mol. The molecule has 0 fully saturated rings. The topological polar surface area (TPSA) is 6.48 Å². The van der Waals surface area contributed by atoms with Gasteiger partial charge in [0.25, 0.3) is 0 Å². The van der Waals surface area contributed by atoms with Crippen LogP contribution in [0.4, 0.5) is 28.4 Å². The van der Waals surface area contributed by atoms with E-state index in [4.69, 9.17) is 0 Å². The predicted octanol–water partition coefficient (Wildman–Crippen LogP) is 14.4. The minimum Gasteiger partial charge on any atom is -0.336 e. The van der Waals surface area contributed by atoms with E-state index in [0.717, 1.165) is 11.4 Å². The molecule has 0 atom stereocenters. The molecule has 10 rings (SSSR count). The van der Waals surface area contributed by atoms with E-state index in [2.05, 4.69) is 192 Å². The zero-order chi connectivity index (χ0) is 33.7. The van der Waals surface area contributed by atoms with Crippen LogP contribution in [-0.4, -0.2) is 0 Å². The molecular formula is C47H32N2S2. The van der Waals surface area contributed by atoms with Gasteiger partial charge in [0.1, 0.15) is 0 Å². The summed E-state index contributed by atoms with van der Waals surface area (Å²) in [5.74, 6) is 0. The van der Waals surface area contributed by atoms with Gasteiger partial charge in [-0.3, -0.25) is 0 Å². The van der Waals surface area contributed by atoms with Crippen LogP contribution in [0.1, 0.15) is 5.56 Å². The van der Waals surface area contributed by atoms with Gasteiger partial charge >= 0.3 is 0 Å². The minimum absolute atomic E-state index is 0.684. The summed E-state index contributed by atoms with van der Waals surface area (Å²) in [6, 6.07) is 66.3. The lowest BCUT2D eigenvalue weighted by Crippen LogP contribution is -2.19. The molecule has 0 radical (unpaired) electrons. The Labute approximate surface area is 304 Å². The van der Waals surface area contributed by atoms with Crippen molar-refractivity contribution in [2.24, 2.45) is 0 Å². The van der Waals surface area contributed by atoms with Crippen molar-refractivity contribution in [1.29, 1.82) is 0 Å². The number of anilines is 5.